The van der Waals surface area contributed by atoms with Gasteiger partial charge in [-0.25, -0.2) is 4.98 Å². The lowest BCUT2D eigenvalue weighted by Gasteiger charge is -2.21. The third-order valence-electron chi connectivity index (χ3n) is 3.66. The van der Waals surface area contributed by atoms with Crippen molar-refractivity contribution in [1.82, 2.24) is 15.3 Å². The molecule has 2 unspecified atom stereocenters. The Morgan fingerprint density at radius 1 is 1.48 bits per heavy atom. The summed E-state index contributed by atoms with van der Waals surface area (Å²) in [7, 11) is -1.21. The zero-order valence-corrected chi connectivity index (χ0v) is 12.2. The zero-order valence-electron chi connectivity index (χ0n) is 11.4. The van der Waals surface area contributed by atoms with Crippen LogP contribution in [0.5, 0.6) is 0 Å². The Morgan fingerprint density at radius 2 is 2.33 bits per heavy atom. The first-order valence-electron chi connectivity index (χ1n) is 6.87. The maximum absolute atomic E-state index is 12.4. The monoisotopic (exact) mass is 308 g/mol. The Kier molecular flexibility index (Phi) is 3.98. The Labute approximate surface area is 123 Å². The van der Waals surface area contributed by atoms with Crippen molar-refractivity contribution >= 4 is 27.5 Å². The number of imidazole rings is 1. The number of nitro groups is 1. The summed E-state index contributed by atoms with van der Waals surface area (Å²) in [5, 5.41) is 14.4. The Hall–Kier alpha value is -1.80. The van der Waals surface area contributed by atoms with Gasteiger partial charge in [0, 0.05) is 17.9 Å². The summed E-state index contributed by atoms with van der Waals surface area (Å²) in [6, 6.07) is 4.40. The number of rotatable bonds is 4. The van der Waals surface area contributed by atoms with E-state index in [-0.39, 0.29) is 5.69 Å². The summed E-state index contributed by atoms with van der Waals surface area (Å²) in [5.74, 6) is 0.955. The first-order chi connectivity index (χ1) is 10.1. The number of fused-ring (bicyclic) bond motifs is 1. The van der Waals surface area contributed by atoms with Crippen molar-refractivity contribution in [2.75, 3.05) is 18.8 Å². The van der Waals surface area contributed by atoms with Crippen LogP contribution in [0, 0.1) is 16.0 Å². The minimum absolute atomic E-state index is 0.0000344. The van der Waals surface area contributed by atoms with Gasteiger partial charge in [0.1, 0.15) is 0 Å². The molecule has 21 heavy (non-hydrogen) atoms. The molecular weight excluding hydrogens is 292 g/mol. The molecule has 1 fully saturated rings. The fourth-order valence-electron chi connectivity index (χ4n) is 2.55. The molecule has 2 aromatic rings. The van der Waals surface area contributed by atoms with Gasteiger partial charge in [0.15, 0.2) is 5.16 Å². The normalized spacial score (nSPS) is 20.5. The third kappa shape index (κ3) is 3.11. The van der Waals surface area contributed by atoms with E-state index in [1.54, 1.807) is 6.07 Å². The third-order valence-corrected chi connectivity index (χ3v) is 5.06. The van der Waals surface area contributed by atoms with Crippen LogP contribution in [-0.4, -0.2) is 37.9 Å². The van der Waals surface area contributed by atoms with Gasteiger partial charge in [-0.1, -0.05) is 0 Å². The summed E-state index contributed by atoms with van der Waals surface area (Å²) in [6.07, 6.45) is 2.18. The Balaban J connectivity index is 1.79. The Bertz CT molecular complexity index is 694. The SMILES string of the molecule is O=[N+]([O-])c1ccc2nc(S(=O)CC3CCCNC3)[nH]c2c1. The van der Waals surface area contributed by atoms with Crippen molar-refractivity contribution in [2.24, 2.45) is 5.92 Å². The molecule has 8 heteroatoms. The van der Waals surface area contributed by atoms with Crippen LogP contribution in [0.3, 0.4) is 0 Å². The van der Waals surface area contributed by atoms with Gasteiger partial charge in [-0.15, -0.1) is 0 Å². The van der Waals surface area contributed by atoms with E-state index >= 15 is 0 Å². The largest absolute Gasteiger partial charge is 0.331 e. The van der Waals surface area contributed by atoms with Gasteiger partial charge in [-0.2, -0.15) is 0 Å². The van der Waals surface area contributed by atoms with E-state index in [2.05, 4.69) is 15.3 Å². The van der Waals surface area contributed by atoms with Gasteiger partial charge in [-0.05, 0) is 37.9 Å². The summed E-state index contributed by atoms with van der Waals surface area (Å²) < 4.78 is 12.4. The van der Waals surface area contributed by atoms with Gasteiger partial charge >= 0.3 is 0 Å². The number of aromatic nitrogens is 2. The van der Waals surface area contributed by atoms with Crippen LogP contribution in [0.1, 0.15) is 12.8 Å². The summed E-state index contributed by atoms with van der Waals surface area (Å²) in [4.78, 5) is 17.5. The van der Waals surface area contributed by atoms with Crippen LogP contribution in [0.2, 0.25) is 0 Å². The molecule has 3 rings (SSSR count). The molecular formula is C13H16N4O3S. The minimum atomic E-state index is -1.21. The van der Waals surface area contributed by atoms with Crippen molar-refractivity contribution in [1.29, 1.82) is 0 Å². The molecule has 7 nitrogen and oxygen atoms in total. The lowest BCUT2D eigenvalue weighted by Crippen LogP contribution is -2.32. The van der Waals surface area contributed by atoms with Gasteiger partial charge in [0.05, 0.1) is 26.8 Å². The highest BCUT2D eigenvalue weighted by molar-refractivity contribution is 7.84. The summed E-state index contributed by atoms with van der Waals surface area (Å²) >= 11 is 0. The number of nitrogens with one attached hydrogen (secondary N) is 2. The fraction of sp³-hybridized carbons (Fsp3) is 0.462. The number of hydrogen-bond donors (Lipinski definition) is 2. The highest BCUT2D eigenvalue weighted by Crippen LogP contribution is 2.21. The molecule has 0 saturated carbocycles. The molecule has 112 valence electrons. The van der Waals surface area contributed by atoms with E-state index in [9.17, 15) is 14.3 Å². The zero-order chi connectivity index (χ0) is 14.8. The molecule has 1 aromatic heterocycles. The van der Waals surface area contributed by atoms with Crippen LogP contribution in [0.4, 0.5) is 5.69 Å². The molecule has 2 atom stereocenters. The topological polar surface area (TPSA) is 101 Å². The van der Waals surface area contributed by atoms with E-state index < -0.39 is 15.7 Å². The van der Waals surface area contributed by atoms with E-state index in [4.69, 9.17) is 0 Å². The lowest BCUT2D eigenvalue weighted by molar-refractivity contribution is -0.384. The molecule has 1 aromatic carbocycles. The standard InChI is InChI=1S/C13H16N4O3S/c18-17(19)10-3-4-11-12(6-10)16-13(15-11)21(20)8-9-2-1-5-14-7-9/h3-4,6,9,14H,1-2,5,7-8H2,(H,15,16). The highest BCUT2D eigenvalue weighted by Gasteiger charge is 2.19. The molecule has 2 N–H and O–H groups in total. The van der Waals surface area contributed by atoms with Crippen molar-refractivity contribution in [3.63, 3.8) is 0 Å². The number of piperidine rings is 1. The number of nitro benzene ring substituents is 1. The molecule has 1 aliphatic heterocycles. The number of H-pyrrole nitrogens is 1. The first kappa shape index (κ1) is 14.2. The first-order valence-corrected chi connectivity index (χ1v) is 8.18. The number of benzene rings is 1. The minimum Gasteiger partial charge on any atom is -0.331 e. The quantitative estimate of drug-likeness (QED) is 0.659. The highest BCUT2D eigenvalue weighted by atomic mass is 32.2. The van der Waals surface area contributed by atoms with E-state index in [1.807, 2.05) is 0 Å². The predicted octanol–water partition coefficient (Wildman–Crippen LogP) is 1.58. The Morgan fingerprint density at radius 3 is 3.05 bits per heavy atom. The maximum atomic E-state index is 12.4. The number of nitrogens with zero attached hydrogens (tertiary/aromatic N) is 2. The lowest BCUT2D eigenvalue weighted by atomic mass is 10.0. The molecule has 0 bridgehead atoms. The van der Waals surface area contributed by atoms with Gasteiger partial charge in [-0.3, -0.25) is 14.3 Å². The molecule has 2 heterocycles. The second-order valence-corrected chi connectivity index (χ2v) is 6.64. The smallest absolute Gasteiger partial charge is 0.271 e. The van der Waals surface area contributed by atoms with Crippen LogP contribution in [0.25, 0.3) is 11.0 Å². The number of hydrogen-bond acceptors (Lipinski definition) is 5. The van der Waals surface area contributed by atoms with Gasteiger partial charge in [0.25, 0.3) is 5.69 Å². The predicted molar refractivity (Wildman–Crippen MR) is 79.6 cm³/mol. The van der Waals surface area contributed by atoms with Crippen molar-refractivity contribution < 1.29 is 9.13 Å². The molecule has 0 aliphatic carbocycles. The number of aromatic amines is 1. The maximum Gasteiger partial charge on any atom is 0.271 e. The second kappa shape index (κ2) is 5.90. The van der Waals surface area contributed by atoms with Crippen molar-refractivity contribution in [2.45, 2.75) is 18.0 Å². The molecule has 0 amide bonds. The van der Waals surface area contributed by atoms with E-state index in [0.717, 1.165) is 25.9 Å². The second-order valence-electron chi connectivity index (χ2n) is 5.23. The average Bonchev–Trinajstić information content (AvgIpc) is 2.91. The van der Waals surface area contributed by atoms with Crippen molar-refractivity contribution in [3.05, 3.63) is 28.3 Å². The van der Waals surface area contributed by atoms with Crippen LogP contribution >= 0.6 is 0 Å². The van der Waals surface area contributed by atoms with Gasteiger partial charge in [0.2, 0.25) is 0 Å². The number of non-ortho nitro benzene ring substituents is 1. The molecule has 0 spiro atoms. The fourth-order valence-corrected chi connectivity index (χ4v) is 3.85. The van der Waals surface area contributed by atoms with Crippen LogP contribution in [-0.2, 0) is 10.8 Å². The summed E-state index contributed by atoms with van der Waals surface area (Å²) in [6.45, 7) is 1.91. The summed E-state index contributed by atoms with van der Waals surface area (Å²) in [5.41, 5.74) is 1.15. The average molecular weight is 308 g/mol. The molecule has 0 radical (unpaired) electrons. The van der Waals surface area contributed by atoms with E-state index in [0.29, 0.717) is 27.9 Å². The molecule has 1 aliphatic rings. The van der Waals surface area contributed by atoms with Crippen molar-refractivity contribution in [3.8, 4) is 0 Å². The van der Waals surface area contributed by atoms with Gasteiger partial charge < -0.3 is 10.3 Å². The molecule has 1 saturated heterocycles. The van der Waals surface area contributed by atoms with Crippen LogP contribution in [0.15, 0.2) is 23.4 Å². The van der Waals surface area contributed by atoms with Crippen LogP contribution < -0.4 is 5.32 Å². The van der Waals surface area contributed by atoms with E-state index in [1.165, 1.54) is 12.1 Å².